The van der Waals surface area contributed by atoms with Crippen molar-refractivity contribution in [3.05, 3.63) is 46.8 Å². The molecule has 1 aliphatic heterocycles. The number of aliphatic hydroxyl groups is 2. The van der Waals surface area contributed by atoms with Crippen molar-refractivity contribution in [1.29, 1.82) is 0 Å². The van der Waals surface area contributed by atoms with E-state index in [4.69, 9.17) is 5.11 Å². The molecule has 1 aromatic heterocycles. The monoisotopic (exact) mass is 677 g/mol. The molecule has 1 fully saturated rings. The van der Waals surface area contributed by atoms with Gasteiger partial charge in [-0.1, -0.05) is 24.0 Å². The van der Waals surface area contributed by atoms with E-state index in [0.717, 1.165) is 11.3 Å². The van der Waals surface area contributed by atoms with E-state index in [1.165, 1.54) is 31.5 Å². The molecule has 0 saturated carbocycles. The lowest BCUT2D eigenvalue weighted by Crippen LogP contribution is -2.50. The third kappa shape index (κ3) is 9.53. The molecule has 2 heterocycles. The van der Waals surface area contributed by atoms with Crippen LogP contribution in [0.15, 0.2) is 36.4 Å². The zero-order valence-electron chi connectivity index (χ0n) is 24.5. The highest BCUT2D eigenvalue weighted by atomic mass is 32.1. The van der Waals surface area contributed by atoms with Crippen LogP contribution in [-0.4, -0.2) is 92.3 Å². The summed E-state index contributed by atoms with van der Waals surface area (Å²) in [4.78, 5) is 1.88. The molecule has 3 unspecified atom stereocenters. The van der Waals surface area contributed by atoms with Gasteiger partial charge in [-0.25, -0.2) is 4.39 Å². The van der Waals surface area contributed by atoms with Crippen LogP contribution in [0, 0.1) is 11.8 Å². The molecule has 4 N–H and O–H groups in total. The van der Waals surface area contributed by atoms with Gasteiger partial charge in [-0.2, -0.15) is 22.0 Å². The molecule has 2 aromatic carbocycles. The molecular formula is C30H34F6N3O4PS. The van der Waals surface area contributed by atoms with Crippen LogP contribution >= 0.6 is 18.5 Å². The second kappa shape index (κ2) is 14.6. The number of rotatable bonds is 11. The fourth-order valence-corrected chi connectivity index (χ4v) is 7.09. The molecule has 4 rings (SSSR count). The second-order valence-electron chi connectivity index (χ2n) is 11.1. The third-order valence-electron chi connectivity index (χ3n) is 7.21. The molecular weight excluding hydrogens is 643 g/mol. The van der Waals surface area contributed by atoms with E-state index >= 15 is 4.39 Å². The summed E-state index contributed by atoms with van der Waals surface area (Å²) in [7, 11) is -2.76. The highest BCUT2D eigenvalue weighted by Gasteiger charge is 2.33. The minimum atomic E-state index is -4.52. The Morgan fingerprint density at radius 1 is 1.20 bits per heavy atom. The van der Waals surface area contributed by atoms with E-state index in [0.29, 0.717) is 34.0 Å². The van der Waals surface area contributed by atoms with Gasteiger partial charge in [0.15, 0.2) is 0 Å². The molecule has 1 aliphatic rings. The Labute approximate surface area is 260 Å². The summed E-state index contributed by atoms with van der Waals surface area (Å²) in [5.74, 6) is 5.30. The predicted molar refractivity (Wildman–Crippen MR) is 166 cm³/mol. The Balaban J connectivity index is 1.57. The highest BCUT2D eigenvalue weighted by molar-refractivity contribution is 7.70. The van der Waals surface area contributed by atoms with Gasteiger partial charge in [0.1, 0.15) is 19.1 Å². The first kappa shape index (κ1) is 34.9. The molecule has 0 aliphatic carbocycles. The van der Waals surface area contributed by atoms with Crippen molar-refractivity contribution < 1.29 is 45.9 Å². The maximum Gasteiger partial charge on any atom is 0.393 e. The van der Waals surface area contributed by atoms with Crippen LogP contribution < -0.4 is 20.7 Å². The van der Waals surface area contributed by atoms with E-state index in [9.17, 15) is 31.6 Å². The number of alkyl halides is 6. The average Bonchev–Trinajstić information content (AvgIpc) is 3.28. The predicted octanol–water partition coefficient (Wildman–Crippen LogP) is 5.50. The van der Waals surface area contributed by atoms with Gasteiger partial charge < -0.3 is 30.1 Å². The highest BCUT2D eigenvalue weighted by Crippen LogP contribution is 2.40. The average molecular weight is 678 g/mol. The zero-order chi connectivity index (χ0) is 32.9. The molecule has 1 saturated heterocycles. The Bertz CT molecular complexity index is 1590. The molecule has 0 radical (unpaired) electrons. The Morgan fingerprint density at radius 3 is 2.60 bits per heavy atom. The van der Waals surface area contributed by atoms with E-state index in [2.05, 4.69) is 27.2 Å². The molecule has 246 valence electrons. The van der Waals surface area contributed by atoms with Crippen LogP contribution in [-0.2, 0) is 11.0 Å². The minimum absolute atomic E-state index is 0.0176. The number of hydrogen-bond donors (Lipinski definition) is 4. The Kier molecular flexibility index (Phi) is 11.4. The number of piperidine rings is 1. The Hall–Kier alpha value is -2.95. The lowest BCUT2D eigenvalue weighted by molar-refractivity contribution is -0.127. The van der Waals surface area contributed by atoms with Crippen molar-refractivity contribution in [2.24, 2.45) is 0 Å². The maximum absolute atomic E-state index is 15.1. The standard InChI is InChI=1S/C30H34F6N3O4PS/c1-44(2,42)19-8-9-24(26(13-19)43-29(32)33)37-11-4-7-27-21(14-30(34,35)36)20-5-3-6-25(28(20)45-27)38-23-10-12-39(16-22(23)31)15-18(41)17-40/h3,5-6,8-9,13,18,22-23,29,37-38,40-41H,10-12,14-17H2,1-2H3. The van der Waals surface area contributed by atoms with Gasteiger partial charge in [-0.15, -0.1) is 11.3 Å². The van der Waals surface area contributed by atoms with Crippen LogP contribution in [0.1, 0.15) is 16.9 Å². The molecule has 0 amide bonds. The summed E-state index contributed by atoms with van der Waals surface area (Å²) in [5.41, 5.74) is 0.607. The largest absolute Gasteiger partial charge is 0.433 e. The summed E-state index contributed by atoms with van der Waals surface area (Å²) in [6.45, 7) is -0.0827. The van der Waals surface area contributed by atoms with Crippen LogP contribution in [0.2, 0.25) is 0 Å². The lowest BCUT2D eigenvalue weighted by atomic mass is 10.0. The molecule has 3 aromatic rings. The smallest absolute Gasteiger partial charge is 0.393 e. The second-order valence-corrected chi connectivity index (χ2v) is 15.3. The molecule has 45 heavy (non-hydrogen) atoms. The quantitative estimate of drug-likeness (QED) is 0.121. The van der Waals surface area contributed by atoms with Gasteiger partial charge in [-0.05, 0) is 55.0 Å². The number of β-amino-alcohol motifs (C(OH)–C–C–N with tert-alkyl or cyclic N) is 1. The van der Waals surface area contributed by atoms with E-state index in [-0.39, 0.29) is 41.5 Å². The number of likely N-dealkylation sites (tertiary alicyclic amines) is 1. The molecule has 15 heteroatoms. The fraction of sp³-hybridized carbons (Fsp3) is 0.467. The summed E-state index contributed by atoms with van der Waals surface area (Å²) in [5, 5.41) is 25.4. The van der Waals surface area contributed by atoms with E-state index in [1.807, 2.05) is 0 Å². The van der Waals surface area contributed by atoms with Crippen LogP contribution in [0.25, 0.3) is 10.1 Å². The third-order valence-corrected chi connectivity index (χ3v) is 9.93. The molecule has 7 nitrogen and oxygen atoms in total. The molecule has 0 spiro atoms. The van der Waals surface area contributed by atoms with Crippen molar-refractivity contribution in [1.82, 2.24) is 4.90 Å². The van der Waals surface area contributed by atoms with Crippen LogP contribution in [0.4, 0.5) is 37.7 Å². The number of aliphatic hydroxyl groups excluding tert-OH is 2. The van der Waals surface area contributed by atoms with Crippen molar-refractivity contribution in [2.45, 2.75) is 43.9 Å². The van der Waals surface area contributed by atoms with Gasteiger partial charge >= 0.3 is 12.8 Å². The first-order valence-corrected chi connectivity index (χ1v) is 17.5. The normalized spacial score (nSPS) is 18.5. The number of nitrogens with one attached hydrogen (secondary N) is 2. The summed E-state index contributed by atoms with van der Waals surface area (Å²) >= 11 is 1.04. The van der Waals surface area contributed by atoms with Crippen molar-refractivity contribution in [3.63, 3.8) is 0 Å². The number of anilines is 2. The van der Waals surface area contributed by atoms with Gasteiger partial charge in [0.25, 0.3) is 0 Å². The molecule has 3 atom stereocenters. The zero-order valence-corrected chi connectivity index (χ0v) is 26.2. The number of hydrogen-bond acceptors (Lipinski definition) is 8. The SMILES string of the molecule is CP(C)(=O)c1ccc(NCC#Cc2sc3c(NC4CCN(CC(O)CO)CC4F)cccc3c2CC(F)(F)F)c(OC(F)F)c1. The maximum atomic E-state index is 15.1. The van der Waals surface area contributed by atoms with Gasteiger partial charge in [0.2, 0.25) is 0 Å². The number of ether oxygens (including phenoxy) is 1. The number of halogens is 6. The Morgan fingerprint density at radius 2 is 1.96 bits per heavy atom. The number of benzene rings is 2. The van der Waals surface area contributed by atoms with Gasteiger partial charge in [-0.3, -0.25) is 4.90 Å². The van der Waals surface area contributed by atoms with Crippen molar-refractivity contribution in [3.8, 4) is 17.6 Å². The summed E-state index contributed by atoms with van der Waals surface area (Å²) < 4.78 is 99.4. The topological polar surface area (TPSA) is 94.1 Å². The van der Waals surface area contributed by atoms with E-state index < -0.39 is 51.3 Å². The fourth-order valence-electron chi connectivity index (χ4n) is 5.06. The lowest BCUT2D eigenvalue weighted by Gasteiger charge is -2.36. The number of nitrogens with zero attached hydrogens (tertiary/aromatic N) is 1. The number of fused-ring (bicyclic) bond motifs is 1. The first-order chi connectivity index (χ1) is 21.1. The van der Waals surface area contributed by atoms with Crippen LogP contribution in [0.5, 0.6) is 5.75 Å². The van der Waals surface area contributed by atoms with Gasteiger partial charge in [0.05, 0.1) is 52.7 Å². The van der Waals surface area contributed by atoms with Crippen molar-refractivity contribution >= 4 is 45.2 Å². The summed E-state index contributed by atoms with van der Waals surface area (Å²) in [6.07, 6.45) is -7.68. The summed E-state index contributed by atoms with van der Waals surface area (Å²) in [6, 6.07) is 8.41. The van der Waals surface area contributed by atoms with Gasteiger partial charge in [0, 0.05) is 24.9 Å². The number of thiophene rings is 1. The first-order valence-electron chi connectivity index (χ1n) is 14.0. The van der Waals surface area contributed by atoms with E-state index in [1.54, 1.807) is 23.1 Å². The molecule has 0 bridgehead atoms. The van der Waals surface area contributed by atoms with Crippen LogP contribution in [0.3, 0.4) is 0 Å². The minimum Gasteiger partial charge on any atom is -0.433 e. The van der Waals surface area contributed by atoms with Crippen molar-refractivity contribution in [2.75, 3.05) is 56.7 Å².